The average Bonchev–Trinajstić information content (AvgIpc) is 2.46. The van der Waals surface area contributed by atoms with Crippen molar-refractivity contribution in [3.8, 4) is 0 Å². The third kappa shape index (κ3) is 1.26. The van der Waals surface area contributed by atoms with Gasteiger partial charge in [-0.15, -0.1) is 0 Å². The zero-order valence-corrected chi connectivity index (χ0v) is 8.41. The molecule has 3 nitrogen and oxygen atoms in total. The summed E-state index contributed by atoms with van der Waals surface area (Å²) in [5, 5.41) is 1.53. The van der Waals surface area contributed by atoms with Crippen LogP contribution in [0.5, 0.6) is 0 Å². The first-order valence-corrected chi connectivity index (χ1v) is 4.64. The summed E-state index contributed by atoms with van der Waals surface area (Å²) >= 11 is 2.26. The molecule has 2 rings (SSSR count). The van der Waals surface area contributed by atoms with Crippen molar-refractivity contribution in [3.05, 3.63) is 27.3 Å². The molecule has 62 valence electrons. The Kier molecular flexibility index (Phi) is 1.92. The number of hydrogen-bond acceptors (Lipinski definition) is 2. The molecule has 4 heteroatoms. The van der Waals surface area contributed by atoms with Crippen molar-refractivity contribution >= 4 is 34.7 Å². The second-order valence-corrected chi connectivity index (χ2v) is 3.89. The molecule has 0 atom stereocenters. The van der Waals surface area contributed by atoms with Gasteiger partial charge in [-0.05, 0) is 46.4 Å². The summed E-state index contributed by atoms with van der Waals surface area (Å²) in [5.41, 5.74) is 5.18. The highest BCUT2D eigenvalue weighted by atomic mass is 127. The lowest BCUT2D eigenvalue weighted by Crippen LogP contribution is -2.20. The first kappa shape index (κ1) is 7.85. The maximum Gasteiger partial charge on any atom is 0.228 e. The Hall–Kier alpha value is -0.780. The molecule has 0 unspecified atom stereocenters. The molecule has 1 amide bonds. The number of carbonyl (C=O) groups excluding carboxylic acids is 1. The Morgan fingerprint density at radius 2 is 2.42 bits per heavy atom. The van der Waals surface area contributed by atoms with Crippen LogP contribution in [0.4, 0.5) is 5.69 Å². The van der Waals surface area contributed by atoms with E-state index in [0.717, 1.165) is 12.1 Å². The lowest BCUT2D eigenvalue weighted by atomic mass is 10.2. The number of carbonyl (C=O) groups is 1. The molecule has 0 bridgehead atoms. The summed E-state index contributed by atoms with van der Waals surface area (Å²) in [7, 11) is 0. The molecule has 12 heavy (non-hydrogen) atoms. The van der Waals surface area contributed by atoms with Gasteiger partial charge < -0.3 is 0 Å². The van der Waals surface area contributed by atoms with Crippen LogP contribution in [-0.4, -0.2) is 11.4 Å². The van der Waals surface area contributed by atoms with Crippen molar-refractivity contribution in [2.45, 2.75) is 6.54 Å². The van der Waals surface area contributed by atoms with Gasteiger partial charge in [-0.2, -0.15) is 0 Å². The molecule has 1 aliphatic heterocycles. The zero-order chi connectivity index (χ0) is 8.55. The van der Waals surface area contributed by atoms with Gasteiger partial charge in [0.2, 0.25) is 6.41 Å². The molecule has 0 saturated carbocycles. The maximum absolute atomic E-state index is 10.4. The van der Waals surface area contributed by atoms with Gasteiger partial charge in [0.1, 0.15) is 0 Å². The Morgan fingerprint density at radius 3 is 3.17 bits per heavy atom. The molecule has 0 spiro atoms. The molecule has 0 fully saturated rings. The van der Waals surface area contributed by atoms with Crippen molar-refractivity contribution in [3.63, 3.8) is 0 Å². The molecular formula is C8H7IN2O. The number of hydrazine groups is 1. The van der Waals surface area contributed by atoms with E-state index in [1.54, 1.807) is 0 Å². The van der Waals surface area contributed by atoms with Crippen molar-refractivity contribution in [1.82, 2.24) is 5.01 Å². The largest absolute Gasteiger partial charge is 0.296 e. The van der Waals surface area contributed by atoms with Crippen LogP contribution in [0.1, 0.15) is 5.56 Å². The highest BCUT2D eigenvalue weighted by molar-refractivity contribution is 14.1. The summed E-state index contributed by atoms with van der Waals surface area (Å²) in [4.78, 5) is 10.4. The smallest absolute Gasteiger partial charge is 0.228 e. The van der Waals surface area contributed by atoms with E-state index in [2.05, 4.69) is 34.1 Å². The normalized spacial score (nSPS) is 13.9. The van der Waals surface area contributed by atoms with Crippen molar-refractivity contribution < 1.29 is 4.79 Å². The van der Waals surface area contributed by atoms with Gasteiger partial charge in [0.15, 0.2) is 0 Å². The summed E-state index contributed by atoms with van der Waals surface area (Å²) < 4.78 is 1.20. The van der Waals surface area contributed by atoms with E-state index in [-0.39, 0.29) is 0 Å². The third-order valence-electron chi connectivity index (χ3n) is 1.80. The van der Waals surface area contributed by atoms with E-state index in [1.165, 1.54) is 14.1 Å². The second-order valence-electron chi connectivity index (χ2n) is 2.65. The number of rotatable bonds is 1. The molecule has 0 saturated heterocycles. The van der Waals surface area contributed by atoms with Gasteiger partial charge in [-0.3, -0.25) is 15.2 Å². The first-order chi connectivity index (χ1) is 5.79. The van der Waals surface area contributed by atoms with Gasteiger partial charge in [0, 0.05) is 3.57 Å². The van der Waals surface area contributed by atoms with Crippen molar-refractivity contribution in [2.24, 2.45) is 0 Å². The quantitative estimate of drug-likeness (QED) is 0.623. The second kappa shape index (κ2) is 2.93. The number of halogens is 1. The number of amides is 1. The lowest BCUT2D eigenvalue weighted by molar-refractivity contribution is -0.117. The van der Waals surface area contributed by atoms with Crippen LogP contribution in [0.2, 0.25) is 0 Å². The van der Waals surface area contributed by atoms with Crippen LogP contribution in [0.15, 0.2) is 18.2 Å². The van der Waals surface area contributed by atoms with Crippen molar-refractivity contribution in [1.29, 1.82) is 0 Å². The fraction of sp³-hybridized carbons (Fsp3) is 0.125. The van der Waals surface area contributed by atoms with Crippen LogP contribution in [-0.2, 0) is 11.3 Å². The number of benzene rings is 1. The number of hydrogen-bond donors (Lipinski definition) is 1. The monoisotopic (exact) mass is 274 g/mol. The van der Waals surface area contributed by atoms with Crippen LogP contribution < -0.4 is 5.43 Å². The molecule has 1 heterocycles. The van der Waals surface area contributed by atoms with Gasteiger partial charge in [0.25, 0.3) is 0 Å². The number of anilines is 1. The molecule has 0 aromatic heterocycles. The van der Waals surface area contributed by atoms with Gasteiger partial charge in [0.05, 0.1) is 12.2 Å². The van der Waals surface area contributed by atoms with Crippen molar-refractivity contribution in [2.75, 3.05) is 5.43 Å². The summed E-state index contributed by atoms with van der Waals surface area (Å²) in [6, 6.07) is 6.08. The minimum absolute atomic E-state index is 0.662. The summed E-state index contributed by atoms with van der Waals surface area (Å²) in [6.07, 6.45) is 0.798. The highest BCUT2D eigenvalue weighted by Crippen LogP contribution is 2.25. The van der Waals surface area contributed by atoms with Crippen LogP contribution in [0.25, 0.3) is 0 Å². The van der Waals surface area contributed by atoms with Crippen LogP contribution in [0.3, 0.4) is 0 Å². The highest BCUT2D eigenvalue weighted by Gasteiger charge is 2.15. The van der Waals surface area contributed by atoms with E-state index in [4.69, 9.17) is 0 Å². The Balaban J connectivity index is 2.35. The van der Waals surface area contributed by atoms with Gasteiger partial charge >= 0.3 is 0 Å². The van der Waals surface area contributed by atoms with E-state index in [9.17, 15) is 4.79 Å². The zero-order valence-electron chi connectivity index (χ0n) is 6.25. The Bertz CT molecular complexity index is 327. The van der Waals surface area contributed by atoms with Crippen LogP contribution in [0, 0.1) is 3.57 Å². The van der Waals surface area contributed by atoms with E-state index >= 15 is 0 Å². The molecule has 1 aromatic carbocycles. The third-order valence-corrected chi connectivity index (χ3v) is 2.47. The van der Waals surface area contributed by atoms with E-state index < -0.39 is 0 Å². The summed E-state index contributed by atoms with van der Waals surface area (Å²) in [6.45, 7) is 0.662. The minimum atomic E-state index is 0.662. The van der Waals surface area contributed by atoms with E-state index in [0.29, 0.717) is 6.54 Å². The maximum atomic E-state index is 10.4. The van der Waals surface area contributed by atoms with Gasteiger partial charge in [-0.1, -0.05) is 0 Å². The molecule has 1 aromatic rings. The minimum Gasteiger partial charge on any atom is -0.296 e. The SMILES string of the molecule is O=CN1Cc2cc(I)ccc2N1. The predicted octanol–water partition coefficient (Wildman–Crippen LogP) is 1.59. The predicted molar refractivity (Wildman–Crippen MR) is 54.4 cm³/mol. The molecule has 0 radical (unpaired) electrons. The molecular weight excluding hydrogens is 267 g/mol. The summed E-state index contributed by atoms with van der Waals surface area (Å²) in [5.74, 6) is 0. The fourth-order valence-electron chi connectivity index (χ4n) is 1.24. The first-order valence-electron chi connectivity index (χ1n) is 3.56. The number of nitrogens with zero attached hydrogens (tertiary/aromatic N) is 1. The Labute approximate surface area is 83.9 Å². The van der Waals surface area contributed by atoms with Crippen LogP contribution >= 0.6 is 22.6 Å². The van der Waals surface area contributed by atoms with Gasteiger partial charge in [-0.25, -0.2) is 0 Å². The molecule has 1 aliphatic rings. The number of fused-ring (bicyclic) bond motifs is 1. The van der Waals surface area contributed by atoms with E-state index in [1.807, 2.05) is 12.1 Å². The standard InChI is InChI=1S/C8H7IN2O/c9-7-1-2-8-6(3-7)4-11(5-12)10-8/h1-3,5,10H,4H2. The average molecular weight is 274 g/mol. The molecule has 0 aliphatic carbocycles. The lowest BCUT2D eigenvalue weighted by Gasteiger charge is -2.07. The molecule has 1 N–H and O–H groups in total. The Morgan fingerprint density at radius 1 is 1.58 bits per heavy atom. The number of nitrogens with one attached hydrogen (secondary N) is 1. The fourth-order valence-corrected chi connectivity index (χ4v) is 1.80. The topological polar surface area (TPSA) is 32.3 Å².